The summed E-state index contributed by atoms with van der Waals surface area (Å²) in [6, 6.07) is 19.6. The fourth-order valence-corrected chi connectivity index (χ4v) is 5.40. The molecule has 0 spiro atoms. The summed E-state index contributed by atoms with van der Waals surface area (Å²) in [4.78, 5) is 27.5. The number of anilines is 4. The molecule has 0 fully saturated rings. The molecule has 5 N–H and O–H groups in total. The molecule has 6 rings (SSSR count). The number of nitrogens with two attached hydrogens (primary N) is 1. The molecule has 3 aromatic carbocycles. The normalized spacial score (nSPS) is 13.8. The van der Waals surface area contributed by atoms with Crippen LogP contribution in [0.5, 0.6) is 5.75 Å². The van der Waals surface area contributed by atoms with E-state index in [-0.39, 0.29) is 0 Å². The van der Waals surface area contributed by atoms with E-state index in [1.807, 2.05) is 42.5 Å². The number of aromatic nitrogens is 3. The molecule has 3 heterocycles. The summed E-state index contributed by atoms with van der Waals surface area (Å²) in [6.45, 7) is 5.35. The van der Waals surface area contributed by atoms with E-state index in [1.54, 1.807) is 19.4 Å². The highest BCUT2D eigenvalue weighted by atomic mass is 16.5. The standard InChI is InChI=1S/C32H33N7O2/c1-3-14-39-15-6-9-23(19-39)22-10-11-26(28(18-22)41-2)36-32-37-30-24(12-13-34-30)31(38-32)35-27-17-21-8-5-4-7-20(21)16-25(27)29(33)40/h4-5,7-13,16-18H,3,6,14-15,19H2,1-2H3,(H2,33,40)(H3,34,35,36,37,38). The molecule has 208 valence electrons. The molecule has 0 saturated carbocycles. The Morgan fingerprint density at radius 1 is 1.05 bits per heavy atom. The summed E-state index contributed by atoms with van der Waals surface area (Å²) in [5, 5.41) is 9.36. The highest BCUT2D eigenvalue weighted by Crippen LogP contribution is 2.34. The number of benzene rings is 3. The van der Waals surface area contributed by atoms with Gasteiger partial charge in [0.25, 0.3) is 5.91 Å². The molecule has 9 nitrogen and oxygen atoms in total. The number of carbonyl (C=O) groups excluding carboxylic acids is 1. The topological polar surface area (TPSA) is 121 Å². The van der Waals surface area contributed by atoms with Gasteiger partial charge in [-0.15, -0.1) is 0 Å². The number of ether oxygens (including phenoxy) is 1. The van der Waals surface area contributed by atoms with Crippen molar-refractivity contribution in [1.82, 2.24) is 19.9 Å². The van der Waals surface area contributed by atoms with Crippen LogP contribution in [0.15, 0.2) is 72.9 Å². The average molecular weight is 548 g/mol. The van der Waals surface area contributed by atoms with Crippen LogP contribution in [0.1, 0.15) is 35.7 Å². The Bertz CT molecular complexity index is 1780. The number of rotatable bonds is 9. The maximum Gasteiger partial charge on any atom is 0.250 e. The SMILES string of the molecule is CCCN1CCC=C(c2ccc(Nc3nc(Nc4cc5ccccc5cc4C(N)=O)c4cc[nH]c4n3)c(OC)c2)C1. The molecule has 5 aromatic rings. The molecule has 0 atom stereocenters. The number of primary amides is 1. The van der Waals surface area contributed by atoms with Crippen molar-refractivity contribution in [3.05, 3.63) is 84.1 Å². The van der Waals surface area contributed by atoms with Crippen LogP contribution in [-0.2, 0) is 0 Å². The number of hydrogen-bond donors (Lipinski definition) is 4. The van der Waals surface area contributed by atoms with Crippen LogP contribution < -0.4 is 21.1 Å². The minimum atomic E-state index is -0.522. The van der Waals surface area contributed by atoms with Crippen LogP contribution in [0.2, 0.25) is 0 Å². The first-order valence-electron chi connectivity index (χ1n) is 13.8. The Kier molecular flexibility index (Phi) is 7.26. The Morgan fingerprint density at radius 2 is 1.88 bits per heavy atom. The summed E-state index contributed by atoms with van der Waals surface area (Å²) in [5.41, 5.74) is 10.6. The molecule has 1 amide bonds. The summed E-state index contributed by atoms with van der Waals surface area (Å²) in [6.07, 6.45) is 6.32. The van der Waals surface area contributed by atoms with E-state index >= 15 is 0 Å². The largest absolute Gasteiger partial charge is 0.495 e. The smallest absolute Gasteiger partial charge is 0.250 e. The van der Waals surface area contributed by atoms with Crippen molar-refractivity contribution in [2.75, 3.05) is 37.4 Å². The molecule has 0 radical (unpaired) electrons. The third kappa shape index (κ3) is 5.44. The first-order chi connectivity index (χ1) is 20.0. The Hall–Kier alpha value is -4.89. The van der Waals surface area contributed by atoms with Gasteiger partial charge in [-0.1, -0.05) is 43.3 Å². The molecule has 1 aliphatic heterocycles. The quantitative estimate of drug-likeness (QED) is 0.173. The third-order valence-electron chi connectivity index (χ3n) is 7.41. The molecule has 1 aliphatic rings. The zero-order valence-electron chi connectivity index (χ0n) is 23.2. The van der Waals surface area contributed by atoms with Crippen molar-refractivity contribution in [1.29, 1.82) is 0 Å². The van der Waals surface area contributed by atoms with E-state index < -0.39 is 5.91 Å². The maximum atomic E-state index is 12.4. The lowest BCUT2D eigenvalue weighted by Gasteiger charge is -2.27. The van der Waals surface area contributed by atoms with Crippen LogP contribution in [0.25, 0.3) is 27.4 Å². The lowest BCUT2D eigenvalue weighted by Crippen LogP contribution is -2.30. The minimum Gasteiger partial charge on any atom is -0.495 e. The molecule has 2 aromatic heterocycles. The predicted molar refractivity (Wildman–Crippen MR) is 165 cm³/mol. The van der Waals surface area contributed by atoms with Gasteiger partial charge in [0.2, 0.25) is 5.95 Å². The van der Waals surface area contributed by atoms with E-state index in [1.165, 1.54) is 5.57 Å². The molecule has 0 unspecified atom stereocenters. The highest BCUT2D eigenvalue weighted by molar-refractivity contribution is 6.05. The van der Waals surface area contributed by atoms with Crippen molar-refractivity contribution in [2.45, 2.75) is 19.8 Å². The minimum absolute atomic E-state index is 0.376. The van der Waals surface area contributed by atoms with Crippen LogP contribution in [0.3, 0.4) is 0 Å². The molecule has 41 heavy (non-hydrogen) atoms. The summed E-state index contributed by atoms with van der Waals surface area (Å²) in [7, 11) is 1.66. The second kappa shape index (κ2) is 11.3. The zero-order chi connectivity index (χ0) is 28.3. The van der Waals surface area contributed by atoms with Gasteiger partial charge in [-0.2, -0.15) is 9.97 Å². The van der Waals surface area contributed by atoms with Crippen molar-refractivity contribution >= 4 is 56.4 Å². The average Bonchev–Trinajstić information content (AvgIpc) is 3.46. The monoisotopic (exact) mass is 547 g/mol. The number of carbonyl (C=O) groups is 1. The second-order valence-electron chi connectivity index (χ2n) is 10.2. The molecular formula is C32H33N7O2. The lowest BCUT2D eigenvalue weighted by molar-refractivity contribution is 0.100. The number of nitrogens with one attached hydrogen (secondary N) is 3. The van der Waals surface area contributed by atoms with E-state index in [9.17, 15) is 4.79 Å². The van der Waals surface area contributed by atoms with Gasteiger partial charge in [-0.25, -0.2) is 0 Å². The summed E-state index contributed by atoms with van der Waals surface area (Å²) in [5.74, 6) is 1.09. The highest BCUT2D eigenvalue weighted by Gasteiger charge is 2.17. The van der Waals surface area contributed by atoms with Crippen molar-refractivity contribution in [2.24, 2.45) is 5.73 Å². The number of amides is 1. The Labute approximate surface area is 238 Å². The number of fused-ring (bicyclic) bond motifs is 2. The third-order valence-corrected chi connectivity index (χ3v) is 7.41. The molecule has 9 heteroatoms. The van der Waals surface area contributed by atoms with Gasteiger partial charge in [-0.3, -0.25) is 9.69 Å². The van der Waals surface area contributed by atoms with Gasteiger partial charge in [0.15, 0.2) is 0 Å². The number of methoxy groups -OCH3 is 1. The first kappa shape index (κ1) is 26.3. The van der Waals surface area contributed by atoms with Crippen LogP contribution in [0.4, 0.5) is 23.1 Å². The van der Waals surface area contributed by atoms with Gasteiger partial charge >= 0.3 is 0 Å². The fraction of sp³-hybridized carbons (Fsp3) is 0.219. The second-order valence-corrected chi connectivity index (χ2v) is 10.2. The fourth-order valence-electron chi connectivity index (χ4n) is 5.40. The summed E-state index contributed by atoms with van der Waals surface area (Å²) >= 11 is 0. The van der Waals surface area contributed by atoms with Gasteiger partial charge < -0.3 is 26.1 Å². The van der Waals surface area contributed by atoms with Gasteiger partial charge in [0.1, 0.15) is 17.2 Å². The maximum absolute atomic E-state index is 12.4. The van der Waals surface area contributed by atoms with Crippen molar-refractivity contribution in [3.8, 4) is 5.75 Å². The molecule has 0 bridgehead atoms. The van der Waals surface area contributed by atoms with Crippen LogP contribution in [-0.4, -0.2) is 52.5 Å². The van der Waals surface area contributed by atoms with E-state index in [0.717, 1.165) is 59.9 Å². The first-order valence-corrected chi connectivity index (χ1v) is 13.8. The van der Waals surface area contributed by atoms with Crippen LogP contribution in [0, 0.1) is 0 Å². The van der Waals surface area contributed by atoms with E-state index in [4.69, 9.17) is 15.5 Å². The van der Waals surface area contributed by atoms with Crippen molar-refractivity contribution in [3.63, 3.8) is 0 Å². The molecular weight excluding hydrogens is 514 g/mol. The molecule has 0 saturated heterocycles. The zero-order valence-corrected chi connectivity index (χ0v) is 23.2. The summed E-state index contributed by atoms with van der Waals surface area (Å²) < 4.78 is 5.77. The van der Waals surface area contributed by atoms with Gasteiger partial charge in [0.05, 0.1) is 29.4 Å². The Morgan fingerprint density at radius 3 is 2.66 bits per heavy atom. The number of aromatic amines is 1. The van der Waals surface area contributed by atoms with Gasteiger partial charge in [-0.05, 0) is 71.6 Å². The van der Waals surface area contributed by atoms with Crippen molar-refractivity contribution < 1.29 is 9.53 Å². The number of H-pyrrole nitrogens is 1. The van der Waals surface area contributed by atoms with E-state index in [2.05, 4.69) is 50.6 Å². The van der Waals surface area contributed by atoms with Crippen LogP contribution >= 0.6 is 0 Å². The number of nitrogens with zero attached hydrogens (tertiary/aromatic N) is 3. The van der Waals surface area contributed by atoms with E-state index in [0.29, 0.717) is 34.4 Å². The van der Waals surface area contributed by atoms with Gasteiger partial charge in [0, 0.05) is 19.3 Å². The number of hydrogen-bond acceptors (Lipinski definition) is 7. The predicted octanol–water partition coefficient (Wildman–Crippen LogP) is 6.20. The lowest BCUT2D eigenvalue weighted by atomic mass is 10.00. The molecule has 0 aliphatic carbocycles. The Balaban J connectivity index is 1.32.